The van der Waals surface area contributed by atoms with E-state index in [0.717, 1.165) is 25.0 Å². The molecule has 1 N–H and O–H groups in total. The van der Waals surface area contributed by atoms with Crippen molar-refractivity contribution in [3.8, 4) is 5.75 Å². The molecule has 0 spiro atoms. The third-order valence-electron chi connectivity index (χ3n) is 3.94. The van der Waals surface area contributed by atoms with Gasteiger partial charge in [-0.25, -0.2) is 0 Å². The van der Waals surface area contributed by atoms with E-state index in [-0.39, 0.29) is 6.42 Å². The van der Waals surface area contributed by atoms with Crippen LogP contribution in [0.25, 0.3) is 0 Å². The zero-order valence-corrected chi connectivity index (χ0v) is 11.9. The van der Waals surface area contributed by atoms with Crippen LogP contribution in [0.15, 0.2) is 18.2 Å². The first-order valence-electron chi connectivity index (χ1n) is 6.93. The standard InChI is InChI=1S/C16H22O3/c1-11(2)14-6-5-13(9-12(14)3)19-16(7-4-8-16)10-15(17)18/h5-6,9,11H,4,7-8,10H2,1-3H3,(H,17,18). The molecule has 19 heavy (non-hydrogen) atoms. The van der Waals surface area contributed by atoms with Crippen molar-refractivity contribution in [2.75, 3.05) is 0 Å². The van der Waals surface area contributed by atoms with E-state index in [2.05, 4.69) is 26.8 Å². The number of carbonyl (C=O) groups is 1. The van der Waals surface area contributed by atoms with Crippen LogP contribution < -0.4 is 4.74 Å². The topological polar surface area (TPSA) is 46.5 Å². The number of aliphatic carboxylic acids is 1. The van der Waals surface area contributed by atoms with Crippen LogP contribution in [0.1, 0.15) is 56.6 Å². The largest absolute Gasteiger partial charge is 0.487 e. The fraction of sp³-hybridized carbons (Fsp3) is 0.562. The molecule has 1 aliphatic rings. The Morgan fingerprint density at radius 3 is 2.53 bits per heavy atom. The van der Waals surface area contributed by atoms with Gasteiger partial charge in [0.1, 0.15) is 11.4 Å². The van der Waals surface area contributed by atoms with Crippen LogP contribution >= 0.6 is 0 Å². The number of ether oxygens (including phenoxy) is 1. The highest BCUT2D eigenvalue weighted by atomic mass is 16.5. The Kier molecular flexibility index (Phi) is 3.83. The summed E-state index contributed by atoms with van der Waals surface area (Å²) in [7, 11) is 0. The van der Waals surface area contributed by atoms with E-state index >= 15 is 0 Å². The average molecular weight is 262 g/mol. The molecule has 1 aromatic carbocycles. The van der Waals surface area contributed by atoms with Gasteiger partial charge in [-0.2, -0.15) is 0 Å². The molecular weight excluding hydrogens is 240 g/mol. The van der Waals surface area contributed by atoms with Crippen LogP contribution in [0.4, 0.5) is 0 Å². The molecule has 3 heteroatoms. The van der Waals surface area contributed by atoms with Crippen LogP contribution in [-0.4, -0.2) is 16.7 Å². The summed E-state index contributed by atoms with van der Waals surface area (Å²) in [6.45, 7) is 6.41. The van der Waals surface area contributed by atoms with E-state index in [9.17, 15) is 4.79 Å². The van der Waals surface area contributed by atoms with E-state index in [1.165, 1.54) is 11.1 Å². The van der Waals surface area contributed by atoms with Crippen LogP contribution in [0.5, 0.6) is 5.75 Å². The van der Waals surface area contributed by atoms with Crippen LogP contribution in [-0.2, 0) is 4.79 Å². The predicted molar refractivity (Wildman–Crippen MR) is 74.7 cm³/mol. The number of hydrogen-bond acceptors (Lipinski definition) is 2. The zero-order valence-electron chi connectivity index (χ0n) is 11.9. The van der Waals surface area contributed by atoms with Gasteiger partial charge in [0.2, 0.25) is 0 Å². The van der Waals surface area contributed by atoms with Crippen LogP contribution in [0.3, 0.4) is 0 Å². The Bertz CT molecular complexity index is 473. The molecule has 0 bridgehead atoms. The number of aryl methyl sites for hydroxylation is 1. The normalized spacial score (nSPS) is 17.1. The molecule has 1 aliphatic carbocycles. The highest BCUT2D eigenvalue weighted by molar-refractivity contribution is 5.68. The van der Waals surface area contributed by atoms with Crippen molar-refractivity contribution in [1.82, 2.24) is 0 Å². The smallest absolute Gasteiger partial charge is 0.307 e. The number of carboxylic acids is 1. The van der Waals surface area contributed by atoms with Gasteiger partial charge in [0, 0.05) is 0 Å². The first-order chi connectivity index (χ1) is 8.92. The van der Waals surface area contributed by atoms with Gasteiger partial charge in [-0.15, -0.1) is 0 Å². The molecule has 1 saturated carbocycles. The third kappa shape index (κ3) is 3.09. The van der Waals surface area contributed by atoms with Crippen molar-refractivity contribution in [2.45, 2.75) is 58.0 Å². The summed E-state index contributed by atoms with van der Waals surface area (Å²) < 4.78 is 5.98. The quantitative estimate of drug-likeness (QED) is 0.875. The maximum atomic E-state index is 10.9. The number of carboxylic acid groups (broad SMARTS) is 1. The molecule has 0 aliphatic heterocycles. The van der Waals surface area contributed by atoms with E-state index < -0.39 is 11.6 Å². The van der Waals surface area contributed by atoms with Crippen molar-refractivity contribution in [3.63, 3.8) is 0 Å². The summed E-state index contributed by atoms with van der Waals surface area (Å²) in [5.41, 5.74) is 2.04. The van der Waals surface area contributed by atoms with Crippen LogP contribution in [0.2, 0.25) is 0 Å². The highest BCUT2D eigenvalue weighted by Crippen LogP contribution is 2.40. The third-order valence-corrected chi connectivity index (χ3v) is 3.94. The molecule has 104 valence electrons. The molecule has 1 aromatic rings. The maximum Gasteiger partial charge on any atom is 0.307 e. The summed E-state index contributed by atoms with van der Waals surface area (Å²) in [4.78, 5) is 10.9. The van der Waals surface area contributed by atoms with E-state index in [1.807, 2.05) is 12.1 Å². The van der Waals surface area contributed by atoms with Crippen molar-refractivity contribution in [3.05, 3.63) is 29.3 Å². The first kappa shape index (κ1) is 13.9. The molecule has 3 nitrogen and oxygen atoms in total. The second-order valence-electron chi connectivity index (χ2n) is 5.88. The van der Waals surface area contributed by atoms with Gasteiger partial charge >= 0.3 is 5.97 Å². The van der Waals surface area contributed by atoms with Crippen molar-refractivity contribution in [1.29, 1.82) is 0 Å². The molecule has 0 amide bonds. The number of benzene rings is 1. The molecule has 2 rings (SSSR count). The van der Waals surface area contributed by atoms with E-state index in [4.69, 9.17) is 9.84 Å². The molecule has 0 atom stereocenters. The fourth-order valence-electron chi connectivity index (χ4n) is 2.77. The second kappa shape index (κ2) is 5.24. The summed E-state index contributed by atoms with van der Waals surface area (Å²) in [5.74, 6) is 0.504. The molecule has 0 unspecified atom stereocenters. The lowest BCUT2D eigenvalue weighted by molar-refractivity contribution is -0.144. The minimum absolute atomic E-state index is 0.0952. The molecule has 0 radical (unpaired) electrons. The Hall–Kier alpha value is -1.51. The Labute approximate surface area is 114 Å². The lowest BCUT2D eigenvalue weighted by atomic mass is 9.77. The lowest BCUT2D eigenvalue weighted by Crippen LogP contribution is -2.45. The summed E-state index contributed by atoms with van der Waals surface area (Å²) in [6.07, 6.45) is 2.82. The second-order valence-corrected chi connectivity index (χ2v) is 5.88. The van der Waals surface area contributed by atoms with E-state index in [0.29, 0.717) is 5.92 Å². The maximum absolute atomic E-state index is 10.9. The van der Waals surface area contributed by atoms with Crippen molar-refractivity contribution < 1.29 is 14.6 Å². The molecule has 0 saturated heterocycles. The average Bonchev–Trinajstić information content (AvgIpc) is 2.25. The monoisotopic (exact) mass is 262 g/mol. The Balaban J connectivity index is 2.14. The Morgan fingerprint density at radius 2 is 2.11 bits per heavy atom. The van der Waals surface area contributed by atoms with E-state index in [1.54, 1.807) is 0 Å². The SMILES string of the molecule is Cc1cc(OC2(CC(=O)O)CCC2)ccc1C(C)C. The summed E-state index contributed by atoms with van der Waals surface area (Å²) >= 11 is 0. The Morgan fingerprint density at radius 1 is 1.42 bits per heavy atom. The fourth-order valence-corrected chi connectivity index (χ4v) is 2.77. The van der Waals surface area contributed by atoms with Gasteiger partial charge in [-0.1, -0.05) is 19.9 Å². The highest BCUT2D eigenvalue weighted by Gasteiger charge is 2.41. The molecule has 0 aromatic heterocycles. The van der Waals surface area contributed by atoms with Crippen molar-refractivity contribution in [2.24, 2.45) is 0 Å². The van der Waals surface area contributed by atoms with Gasteiger partial charge in [0.15, 0.2) is 0 Å². The number of hydrogen-bond donors (Lipinski definition) is 1. The minimum Gasteiger partial charge on any atom is -0.487 e. The first-order valence-corrected chi connectivity index (χ1v) is 6.93. The molecule has 1 fully saturated rings. The van der Waals surface area contributed by atoms with Gasteiger partial charge in [-0.05, 0) is 55.4 Å². The molecule has 0 heterocycles. The van der Waals surface area contributed by atoms with Crippen molar-refractivity contribution >= 4 is 5.97 Å². The van der Waals surface area contributed by atoms with Gasteiger partial charge in [0.05, 0.1) is 6.42 Å². The van der Waals surface area contributed by atoms with Gasteiger partial charge in [-0.3, -0.25) is 4.79 Å². The van der Waals surface area contributed by atoms with Gasteiger partial charge in [0.25, 0.3) is 0 Å². The van der Waals surface area contributed by atoms with Crippen LogP contribution in [0, 0.1) is 6.92 Å². The summed E-state index contributed by atoms with van der Waals surface area (Å²) in [6, 6.07) is 6.07. The summed E-state index contributed by atoms with van der Waals surface area (Å²) in [5, 5.41) is 8.98. The molecular formula is C16H22O3. The predicted octanol–water partition coefficient (Wildman–Crippen LogP) is 3.89. The van der Waals surface area contributed by atoms with Gasteiger partial charge < -0.3 is 9.84 Å². The zero-order chi connectivity index (χ0) is 14.0. The number of rotatable bonds is 5. The lowest BCUT2D eigenvalue weighted by Gasteiger charge is -2.41. The minimum atomic E-state index is -0.782.